The first kappa shape index (κ1) is 18.3. The van der Waals surface area contributed by atoms with Gasteiger partial charge in [-0.05, 0) is 25.1 Å². The molecule has 0 aliphatic carbocycles. The Kier molecular flexibility index (Phi) is 5.16. The number of rotatable bonds is 5. The normalized spacial score (nSPS) is 16.1. The molecule has 1 unspecified atom stereocenters. The molecule has 7 heteroatoms. The van der Waals surface area contributed by atoms with Crippen LogP contribution in [0.5, 0.6) is 0 Å². The summed E-state index contributed by atoms with van der Waals surface area (Å²) in [5.41, 5.74) is 2.21. The molecule has 1 N–H and O–H groups in total. The highest BCUT2D eigenvalue weighted by molar-refractivity contribution is 5.93. The van der Waals surface area contributed by atoms with Crippen LogP contribution in [-0.4, -0.2) is 52.0 Å². The SMILES string of the molecule is CC(=O)c1ccc(N2CCN(C(c3cn[nH]c3)c3ccccc3F)CC2)nc1. The largest absolute Gasteiger partial charge is 0.354 e. The smallest absolute Gasteiger partial charge is 0.161 e. The lowest BCUT2D eigenvalue weighted by atomic mass is 9.98. The molecule has 0 amide bonds. The Balaban J connectivity index is 1.52. The Morgan fingerprint density at radius 2 is 1.89 bits per heavy atom. The van der Waals surface area contributed by atoms with Crippen molar-refractivity contribution in [3.8, 4) is 0 Å². The van der Waals surface area contributed by atoms with Gasteiger partial charge in [0.05, 0.1) is 12.2 Å². The monoisotopic (exact) mass is 379 g/mol. The van der Waals surface area contributed by atoms with Crippen molar-refractivity contribution in [2.24, 2.45) is 0 Å². The van der Waals surface area contributed by atoms with Gasteiger partial charge in [-0.3, -0.25) is 14.8 Å². The average molecular weight is 379 g/mol. The highest BCUT2D eigenvalue weighted by Crippen LogP contribution is 2.31. The molecule has 0 bridgehead atoms. The van der Waals surface area contributed by atoms with Crippen LogP contribution in [0.4, 0.5) is 10.2 Å². The van der Waals surface area contributed by atoms with E-state index in [0.717, 1.165) is 37.6 Å². The standard InChI is InChI=1S/C21H22FN5O/c1-15(28)16-6-7-20(23-12-16)26-8-10-27(11-9-26)21(17-13-24-25-14-17)18-4-2-3-5-19(18)22/h2-7,12-14,21H,8-11H2,1H3,(H,24,25). The fourth-order valence-electron chi connectivity index (χ4n) is 3.68. The molecule has 4 rings (SSSR count). The summed E-state index contributed by atoms with van der Waals surface area (Å²) in [5, 5.41) is 6.90. The molecule has 2 aromatic heterocycles. The summed E-state index contributed by atoms with van der Waals surface area (Å²) in [7, 11) is 0. The van der Waals surface area contributed by atoms with Crippen LogP contribution in [0.1, 0.15) is 34.5 Å². The number of aromatic nitrogens is 3. The second kappa shape index (κ2) is 7.90. The summed E-state index contributed by atoms with van der Waals surface area (Å²) >= 11 is 0. The van der Waals surface area contributed by atoms with Gasteiger partial charge < -0.3 is 4.90 Å². The first-order valence-corrected chi connectivity index (χ1v) is 9.32. The maximum atomic E-state index is 14.5. The van der Waals surface area contributed by atoms with Gasteiger partial charge in [-0.15, -0.1) is 0 Å². The second-order valence-electron chi connectivity index (χ2n) is 6.94. The van der Waals surface area contributed by atoms with Gasteiger partial charge in [0.25, 0.3) is 0 Å². The van der Waals surface area contributed by atoms with Gasteiger partial charge in [-0.2, -0.15) is 5.10 Å². The molecule has 1 atom stereocenters. The van der Waals surface area contributed by atoms with Crippen LogP contribution in [0.2, 0.25) is 0 Å². The highest BCUT2D eigenvalue weighted by atomic mass is 19.1. The van der Waals surface area contributed by atoms with Gasteiger partial charge in [-0.25, -0.2) is 9.37 Å². The van der Waals surface area contributed by atoms with Crippen LogP contribution in [0.15, 0.2) is 55.0 Å². The molecule has 0 spiro atoms. The number of benzene rings is 1. The van der Waals surface area contributed by atoms with Gasteiger partial charge in [0.2, 0.25) is 0 Å². The third-order valence-electron chi connectivity index (χ3n) is 5.19. The lowest BCUT2D eigenvalue weighted by Gasteiger charge is -2.39. The molecule has 1 fully saturated rings. The summed E-state index contributed by atoms with van der Waals surface area (Å²) in [6.07, 6.45) is 5.20. The van der Waals surface area contributed by atoms with E-state index in [4.69, 9.17) is 0 Å². The molecule has 28 heavy (non-hydrogen) atoms. The van der Waals surface area contributed by atoms with Crippen LogP contribution in [0.25, 0.3) is 0 Å². The summed E-state index contributed by atoms with van der Waals surface area (Å²) in [6, 6.07) is 10.4. The number of carbonyl (C=O) groups excluding carboxylic acids is 1. The topological polar surface area (TPSA) is 65.1 Å². The number of aromatic amines is 1. The lowest BCUT2D eigenvalue weighted by Crippen LogP contribution is -2.48. The molecule has 6 nitrogen and oxygen atoms in total. The van der Waals surface area contributed by atoms with E-state index < -0.39 is 0 Å². The number of hydrogen-bond donors (Lipinski definition) is 1. The number of anilines is 1. The quantitative estimate of drug-likeness (QED) is 0.690. The van der Waals surface area contributed by atoms with Crippen LogP contribution < -0.4 is 4.90 Å². The molecule has 3 aromatic rings. The number of ketones is 1. The van der Waals surface area contributed by atoms with Crippen molar-refractivity contribution >= 4 is 11.6 Å². The molecule has 1 aliphatic rings. The minimum atomic E-state index is -0.211. The van der Waals surface area contributed by atoms with Crippen molar-refractivity contribution < 1.29 is 9.18 Å². The summed E-state index contributed by atoms with van der Waals surface area (Å²) in [5.74, 6) is 0.657. The van der Waals surface area contributed by atoms with Crippen LogP contribution >= 0.6 is 0 Å². The molecular weight excluding hydrogens is 357 g/mol. The predicted octanol–water partition coefficient (Wildman–Crippen LogP) is 3.06. The van der Waals surface area contributed by atoms with E-state index in [1.807, 2.05) is 30.5 Å². The van der Waals surface area contributed by atoms with Crippen molar-refractivity contribution in [3.05, 3.63) is 77.5 Å². The molecule has 0 saturated carbocycles. The molecule has 3 heterocycles. The number of carbonyl (C=O) groups is 1. The van der Waals surface area contributed by atoms with Gasteiger partial charge in [-0.1, -0.05) is 18.2 Å². The third kappa shape index (κ3) is 3.66. The number of nitrogens with zero attached hydrogens (tertiary/aromatic N) is 4. The zero-order chi connectivity index (χ0) is 19.5. The van der Waals surface area contributed by atoms with E-state index in [9.17, 15) is 9.18 Å². The van der Waals surface area contributed by atoms with Gasteiger partial charge in [0.15, 0.2) is 5.78 Å². The molecule has 0 radical (unpaired) electrons. The molecular formula is C21H22FN5O. The van der Waals surface area contributed by atoms with Gasteiger partial charge in [0, 0.05) is 55.3 Å². The summed E-state index contributed by atoms with van der Waals surface area (Å²) in [4.78, 5) is 20.3. The molecule has 1 aromatic carbocycles. The number of hydrogen-bond acceptors (Lipinski definition) is 5. The van der Waals surface area contributed by atoms with Gasteiger partial charge in [0.1, 0.15) is 11.6 Å². The van der Waals surface area contributed by atoms with Crippen LogP contribution in [0, 0.1) is 5.82 Å². The second-order valence-corrected chi connectivity index (χ2v) is 6.94. The van der Waals surface area contributed by atoms with Crippen molar-refractivity contribution in [1.29, 1.82) is 0 Å². The van der Waals surface area contributed by atoms with Crippen molar-refractivity contribution in [2.75, 3.05) is 31.1 Å². The number of piperazine rings is 1. The zero-order valence-corrected chi connectivity index (χ0v) is 15.7. The number of pyridine rings is 1. The Morgan fingerprint density at radius 3 is 2.50 bits per heavy atom. The lowest BCUT2D eigenvalue weighted by molar-refractivity contribution is 0.101. The van der Waals surface area contributed by atoms with E-state index >= 15 is 0 Å². The fourth-order valence-corrected chi connectivity index (χ4v) is 3.68. The first-order chi connectivity index (χ1) is 13.6. The third-order valence-corrected chi connectivity index (χ3v) is 5.19. The first-order valence-electron chi connectivity index (χ1n) is 9.32. The number of nitrogens with one attached hydrogen (secondary N) is 1. The van der Waals surface area contributed by atoms with Crippen molar-refractivity contribution in [3.63, 3.8) is 0 Å². The van der Waals surface area contributed by atoms with Crippen molar-refractivity contribution in [1.82, 2.24) is 20.1 Å². The Bertz CT molecular complexity index is 934. The van der Waals surface area contributed by atoms with Crippen molar-refractivity contribution in [2.45, 2.75) is 13.0 Å². The van der Waals surface area contributed by atoms with Crippen LogP contribution in [-0.2, 0) is 0 Å². The average Bonchev–Trinajstić information content (AvgIpc) is 3.25. The minimum Gasteiger partial charge on any atom is -0.354 e. The number of halogens is 1. The molecule has 144 valence electrons. The van der Waals surface area contributed by atoms with E-state index in [1.54, 1.807) is 18.5 Å². The maximum absolute atomic E-state index is 14.5. The molecule has 1 saturated heterocycles. The van der Waals surface area contributed by atoms with E-state index in [-0.39, 0.29) is 17.6 Å². The predicted molar refractivity (Wildman–Crippen MR) is 105 cm³/mol. The summed E-state index contributed by atoms with van der Waals surface area (Å²) < 4.78 is 14.5. The molecule has 1 aliphatic heterocycles. The zero-order valence-electron chi connectivity index (χ0n) is 15.7. The van der Waals surface area contributed by atoms with Crippen LogP contribution in [0.3, 0.4) is 0 Å². The Labute approximate surface area is 163 Å². The van der Waals surface area contributed by atoms with E-state index in [1.165, 1.54) is 13.0 Å². The number of Topliss-reactive ketones (excluding diaryl/α,β-unsaturated/α-hetero) is 1. The number of H-pyrrole nitrogens is 1. The maximum Gasteiger partial charge on any atom is 0.161 e. The van der Waals surface area contributed by atoms with E-state index in [2.05, 4.69) is 25.0 Å². The Morgan fingerprint density at radius 1 is 1.11 bits per heavy atom. The Hall–Kier alpha value is -3.06. The van der Waals surface area contributed by atoms with E-state index in [0.29, 0.717) is 11.1 Å². The minimum absolute atomic E-state index is 0.0108. The summed E-state index contributed by atoms with van der Waals surface area (Å²) in [6.45, 7) is 4.61. The van der Waals surface area contributed by atoms with Gasteiger partial charge >= 0.3 is 0 Å². The fraction of sp³-hybridized carbons (Fsp3) is 0.286. The highest BCUT2D eigenvalue weighted by Gasteiger charge is 2.29.